The van der Waals surface area contributed by atoms with Gasteiger partial charge in [0, 0.05) is 0 Å². The predicted molar refractivity (Wildman–Crippen MR) is 63.4 cm³/mol. The molecule has 4 nitrogen and oxygen atoms in total. The summed E-state index contributed by atoms with van der Waals surface area (Å²) in [4.78, 5) is 22.9. The van der Waals surface area contributed by atoms with Crippen molar-refractivity contribution in [3.8, 4) is 0 Å². The van der Waals surface area contributed by atoms with Crippen molar-refractivity contribution in [2.24, 2.45) is 5.41 Å². The van der Waals surface area contributed by atoms with Gasteiger partial charge in [-0.3, -0.25) is 4.79 Å². The Kier molecular flexibility index (Phi) is 4.97. The van der Waals surface area contributed by atoms with E-state index in [9.17, 15) is 9.59 Å². The molecule has 98 valence electrons. The zero-order chi connectivity index (χ0) is 12.9. The third-order valence-corrected chi connectivity index (χ3v) is 2.78. The molecule has 1 fully saturated rings. The summed E-state index contributed by atoms with van der Waals surface area (Å²) in [5, 5.41) is 0. The predicted octanol–water partition coefficient (Wildman–Crippen LogP) is 2.45. The summed E-state index contributed by atoms with van der Waals surface area (Å²) in [5.74, 6) is -0.812. The third-order valence-electron chi connectivity index (χ3n) is 2.78. The van der Waals surface area contributed by atoms with Gasteiger partial charge in [-0.25, -0.2) is 4.79 Å². The van der Waals surface area contributed by atoms with Crippen LogP contribution >= 0.6 is 0 Å². The Balaban J connectivity index is 2.23. The maximum absolute atomic E-state index is 11.4. The van der Waals surface area contributed by atoms with Crippen LogP contribution in [0.25, 0.3) is 0 Å². The Hall–Kier alpha value is -1.06. The van der Waals surface area contributed by atoms with Crippen LogP contribution in [0, 0.1) is 5.41 Å². The van der Waals surface area contributed by atoms with E-state index in [1.807, 2.05) is 0 Å². The summed E-state index contributed by atoms with van der Waals surface area (Å²) < 4.78 is 10.1. The van der Waals surface area contributed by atoms with Crippen molar-refractivity contribution in [1.82, 2.24) is 0 Å². The van der Waals surface area contributed by atoms with Crippen molar-refractivity contribution < 1.29 is 19.1 Å². The fourth-order valence-corrected chi connectivity index (χ4v) is 1.74. The van der Waals surface area contributed by atoms with Gasteiger partial charge in [-0.2, -0.15) is 0 Å². The van der Waals surface area contributed by atoms with Gasteiger partial charge in [0.15, 0.2) is 6.61 Å². The molecular weight excluding hydrogens is 220 g/mol. The molecule has 0 atom stereocenters. The van der Waals surface area contributed by atoms with Gasteiger partial charge < -0.3 is 9.47 Å². The molecule has 4 heteroatoms. The summed E-state index contributed by atoms with van der Waals surface area (Å²) in [6.45, 7) is 4.98. The van der Waals surface area contributed by atoms with Crippen LogP contribution in [-0.2, 0) is 19.1 Å². The van der Waals surface area contributed by atoms with Crippen LogP contribution in [0.5, 0.6) is 0 Å². The minimum absolute atomic E-state index is 0.0181. The molecule has 0 aromatic carbocycles. The summed E-state index contributed by atoms with van der Waals surface area (Å²) in [5.41, 5.74) is -0.578. The first-order valence-electron chi connectivity index (χ1n) is 6.26. The molecule has 17 heavy (non-hydrogen) atoms. The van der Waals surface area contributed by atoms with Gasteiger partial charge in [-0.1, -0.05) is 6.42 Å². The van der Waals surface area contributed by atoms with Gasteiger partial charge in [0.05, 0.1) is 5.41 Å². The quantitative estimate of drug-likeness (QED) is 0.713. The van der Waals surface area contributed by atoms with E-state index in [1.54, 1.807) is 20.8 Å². The van der Waals surface area contributed by atoms with Crippen LogP contribution in [0.3, 0.4) is 0 Å². The molecule has 1 rings (SSSR count). The molecule has 1 saturated carbocycles. The van der Waals surface area contributed by atoms with Gasteiger partial charge in [0.2, 0.25) is 0 Å². The van der Waals surface area contributed by atoms with E-state index in [4.69, 9.17) is 9.47 Å². The number of carbonyl (C=O) groups excluding carboxylic acids is 2. The molecule has 0 heterocycles. The first kappa shape index (κ1) is 14.0. The fourth-order valence-electron chi connectivity index (χ4n) is 1.74. The fraction of sp³-hybridized carbons (Fsp3) is 0.846. The Morgan fingerprint density at radius 2 is 1.71 bits per heavy atom. The van der Waals surface area contributed by atoms with E-state index in [-0.39, 0.29) is 18.7 Å². The Labute approximate surface area is 103 Å². The molecule has 0 spiro atoms. The van der Waals surface area contributed by atoms with E-state index >= 15 is 0 Å². The first-order valence-corrected chi connectivity index (χ1v) is 6.26. The van der Waals surface area contributed by atoms with Crippen molar-refractivity contribution in [3.63, 3.8) is 0 Å². The molecule has 1 aliphatic carbocycles. The number of hydrogen-bond acceptors (Lipinski definition) is 4. The average Bonchev–Trinajstić information content (AvgIpc) is 2.26. The minimum atomic E-state index is -0.578. The number of hydrogen-bond donors (Lipinski definition) is 0. The molecular formula is C13H22O4. The largest absolute Gasteiger partial charge is 0.460 e. The third kappa shape index (κ3) is 5.20. The van der Waals surface area contributed by atoms with E-state index in [2.05, 4.69) is 0 Å². The van der Waals surface area contributed by atoms with Gasteiger partial charge in [-0.05, 0) is 46.5 Å². The Bertz CT molecular complexity index is 272. The zero-order valence-corrected chi connectivity index (χ0v) is 11.0. The normalized spacial score (nSPS) is 17.6. The smallest absolute Gasteiger partial charge is 0.344 e. The lowest BCUT2D eigenvalue weighted by atomic mass is 9.97. The summed E-state index contributed by atoms with van der Waals surface area (Å²) in [6, 6.07) is 0. The van der Waals surface area contributed by atoms with Gasteiger partial charge in [0.1, 0.15) is 6.10 Å². The highest BCUT2D eigenvalue weighted by Gasteiger charge is 2.25. The number of rotatable bonds is 3. The number of esters is 2. The van der Waals surface area contributed by atoms with Crippen molar-refractivity contribution >= 4 is 11.9 Å². The summed E-state index contributed by atoms with van der Waals surface area (Å²) in [7, 11) is 0. The minimum Gasteiger partial charge on any atom is -0.460 e. The van der Waals surface area contributed by atoms with Crippen molar-refractivity contribution in [2.45, 2.75) is 59.0 Å². The lowest BCUT2D eigenvalue weighted by Gasteiger charge is -2.22. The average molecular weight is 242 g/mol. The van der Waals surface area contributed by atoms with Gasteiger partial charge in [0.25, 0.3) is 0 Å². The summed E-state index contributed by atoms with van der Waals surface area (Å²) in [6.07, 6.45) is 5.31. The van der Waals surface area contributed by atoms with E-state index in [0.717, 1.165) is 25.7 Å². The molecule has 0 saturated heterocycles. The summed E-state index contributed by atoms with van der Waals surface area (Å²) >= 11 is 0. The van der Waals surface area contributed by atoms with Crippen molar-refractivity contribution in [2.75, 3.05) is 6.61 Å². The molecule has 0 bridgehead atoms. The number of carbonyl (C=O) groups is 2. The molecule has 0 radical (unpaired) electrons. The molecule has 0 aliphatic heterocycles. The van der Waals surface area contributed by atoms with Crippen molar-refractivity contribution in [3.05, 3.63) is 0 Å². The maximum atomic E-state index is 11.4. The van der Waals surface area contributed by atoms with Crippen LogP contribution in [0.1, 0.15) is 52.9 Å². The van der Waals surface area contributed by atoms with E-state index < -0.39 is 11.4 Å². The van der Waals surface area contributed by atoms with Gasteiger partial charge in [-0.15, -0.1) is 0 Å². The second-order valence-corrected chi connectivity index (χ2v) is 5.58. The van der Waals surface area contributed by atoms with Crippen LogP contribution in [-0.4, -0.2) is 24.6 Å². The van der Waals surface area contributed by atoms with Crippen LogP contribution in [0.2, 0.25) is 0 Å². The Morgan fingerprint density at radius 3 is 2.24 bits per heavy atom. The molecule has 1 aliphatic rings. The molecule has 0 unspecified atom stereocenters. The Morgan fingerprint density at radius 1 is 1.12 bits per heavy atom. The van der Waals surface area contributed by atoms with Crippen LogP contribution in [0.4, 0.5) is 0 Å². The molecule has 0 aromatic rings. The van der Waals surface area contributed by atoms with Crippen LogP contribution in [0.15, 0.2) is 0 Å². The van der Waals surface area contributed by atoms with Gasteiger partial charge >= 0.3 is 11.9 Å². The highest BCUT2D eigenvalue weighted by molar-refractivity contribution is 5.79. The van der Waals surface area contributed by atoms with E-state index in [0.29, 0.717) is 0 Å². The van der Waals surface area contributed by atoms with Crippen LogP contribution < -0.4 is 0 Å². The second-order valence-electron chi connectivity index (χ2n) is 5.58. The topological polar surface area (TPSA) is 52.6 Å². The molecule has 0 aromatic heterocycles. The molecule has 0 N–H and O–H groups in total. The highest BCUT2D eigenvalue weighted by Crippen LogP contribution is 2.20. The monoisotopic (exact) mass is 242 g/mol. The lowest BCUT2D eigenvalue weighted by Crippen LogP contribution is -2.28. The highest BCUT2D eigenvalue weighted by atomic mass is 16.6. The zero-order valence-electron chi connectivity index (χ0n) is 11.0. The number of ether oxygens (including phenoxy) is 2. The molecule has 0 amide bonds. The maximum Gasteiger partial charge on any atom is 0.344 e. The van der Waals surface area contributed by atoms with E-state index in [1.165, 1.54) is 6.42 Å². The second kappa shape index (κ2) is 6.03. The lowest BCUT2D eigenvalue weighted by molar-refractivity contribution is -0.167. The van der Waals surface area contributed by atoms with Crippen molar-refractivity contribution in [1.29, 1.82) is 0 Å². The SMILES string of the molecule is CC(C)(C)C(=O)OCC(=O)OC1CCCCC1. The standard InChI is InChI=1S/C13H22O4/c1-13(2,3)12(15)16-9-11(14)17-10-7-5-4-6-8-10/h10H,4-9H2,1-3H3. The first-order chi connectivity index (χ1) is 7.89.